The molecule has 0 radical (unpaired) electrons. The van der Waals surface area contributed by atoms with E-state index in [0.29, 0.717) is 11.3 Å². The van der Waals surface area contributed by atoms with Crippen molar-refractivity contribution < 1.29 is 23.9 Å². The smallest absolute Gasteiger partial charge is 0.337 e. The second-order valence-electron chi connectivity index (χ2n) is 5.33. The van der Waals surface area contributed by atoms with Gasteiger partial charge in [-0.05, 0) is 36.8 Å². The van der Waals surface area contributed by atoms with Crippen LogP contribution in [0, 0.1) is 6.92 Å². The molecule has 0 bridgehead atoms. The second-order valence-corrected chi connectivity index (χ2v) is 6.38. The zero-order chi connectivity index (χ0) is 18.9. The summed E-state index contributed by atoms with van der Waals surface area (Å²) in [5, 5.41) is 2.63. The van der Waals surface area contributed by atoms with Crippen LogP contribution in [-0.4, -0.2) is 37.3 Å². The highest BCUT2D eigenvalue weighted by atomic mass is 32.2. The number of carbonyl (C=O) groups excluding carboxylic acids is 3. The molecule has 0 unspecified atom stereocenters. The molecule has 0 aliphatic carbocycles. The number of ether oxygens (including phenoxy) is 2. The third kappa shape index (κ3) is 5.93. The molecule has 7 heteroatoms. The molecule has 2 rings (SSSR count). The van der Waals surface area contributed by atoms with Gasteiger partial charge in [0.25, 0.3) is 5.91 Å². The highest BCUT2D eigenvalue weighted by Gasteiger charge is 2.12. The third-order valence-electron chi connectivity index (χ3n) is 3.40. The number of esters is 2. The predicted molar refractivity (Wildman–Crippen MR) is 99.3 cm³/mol. The number of hydrogen-bond acceptors (Lipinski definition) is 6. The summed E-state index contributed by atoms with van der Waals surface area (Å²) in [5.41, 5.74) is 1.56. The Balaban J connectivity index is 1.83. The molecule has 0 saturated carbocycles. The van der Waals surface area contributed by atoms with E-state index in [1.807, 2.05) is 30.3 Å². The molecule has 26 heavy (non-hydrogen) atoms. The lowest BCUT2D eigenvalue weighted by molar-refractivity contribution is -0.144. The summed E-state index contributed by atoms with van der Waals surface area (Å²) in [7, 11) is 1.29. The van der Waals surface area contributed by atoms with Gasteiger partial charge in [0.15, 0.2) is 6.61 Å². The van der Waals surface area contributed by atoms with Crippen molar-refractivity contribution in [1.82, 2.24) is 0 Å². The summed E-state index contributed by atoms with van der Waals surface area (Å²) in [6, 6.07) is 14.3. The molecule has 0 aromatic heterocycles. The zero-order valence-corrected chi connectivity index (χ0v) is 15.3. The van der Waals surface area contributed by atoms with Gasteiger partial charge in [-0.25, -0.2) is 4.79 Å². The lowest BCUT2D eigenvalue weighted by Crippen LogP contribution is -2.22. The van der Waals surface area contributed by atoms with Crippen molar-refractivity contribution in [3.05, 3.63) is 59.7 Å². The summed E-state index contributed by atoms with van der Waals surface area (Å²) in [4.78, 5) is 36.2. The Morgan fingerprint density at radius 3 is 2.50 bits per heavy atom. The molecule has 0 aliphatic rings. The number of aryl methyl sites for hydroxylation is 1. The zero-order valence-electron chi connectivity index (χ0n) is 14.5. The number of anilines is 1. The fourth-order valence-electron chi connectivity index (χ4n) is 2.03. The van der Waals surface area contributed by atoms with E-state index in [0.717, 1.165) is 10.5 Å². The molecule has 1 N–H and O–H groups in total. The van der Waals surface area contributed by atoms with Crippen molar-refractivity contribution in [2.24, 2.45) is 0 Å². The highest BCUT2D eigenvalue weighted by molar-refractivity contribution is 8.00. The van der Waals surface area contributed by atoms with Crippen LogP contribution in [0.4, 0.5) is 5.69 Å². The number of rotatable bonds is 7. The van der Waals surface area contributed by atoms with Crippen molar-refractivity contribution in [1.29, 1.82) is 0 Å². The van der Waals surface area contributed by atoms with Crippen LogP contribution in [0.15, 0.2) is 53.4 Å². The molecule has 0 atom stereocenters. The second kappa shape index (κ2) is 9.62. The topological polar surface area (TPSA) is 81.7 Å². The first kappa shape index (κ1) is 19.5. The molecule has 0 heterocycles. The summed E-state index contributed by atoms with van der Waals surface area (Å²) in [6.07, 6.45) is 0. The first-order valence-electron chi connectivity index (χ1n) is 7.82. The number of thioether (sulfide) groups is 1. The van der Waals surface area contributed by atoms with Gasteiger partial charge in [0.1, 0.15) is 0 Å². The van der Waals surface area contributed by atoms with Crippen LogP contribution in [0.5, 0.6) is 0 Å². The fraction of sp³-hybridized carbons (Fsp3) is 0.211. The number of hydrogen-bond donors (Lipinski definition) is 1. The summed E-state index contributed by atoms with van der Waals surface area (Å²) >= 11 is 1.34. The van der Waals surface area contributed by atoms with E-state index < -0.39 is 24.5 Å². The number of methoxy groups -OCH3 is 1. The van der Waals surface area contributed by atoms with Crippen molar-refractivity contribution in [2.75, 3.05) is 24.8 Å². The van der Waals surface area contributed by atoms with E-state index in [1.54, 1.807) is 19.1 Å². The Hall–Kier alpha value is -2.80. The monoisotopic (exact) mass is 373 g/mol. The number of carbonyl (C=O) groups is 3. The lowest BCUT2D eigenvalue weighted by atomic mass is 10.1. The van der Waals surface area contributed by atoms with Crippen molar-refractivity contribution in [3.8, 4) is 0 Å². The van der Waals surface area contributed by atoms with Gasteiger partial charge in [0.05, 0.1) is 18.4 Å². The van der Waals surface area contributed by atoms with E-state index in [1.165, 1.54) is 24.9 Å². The quantitative estimate of drug-likeness (QED) is 0.593. The van der Waals surface area contributed by atoms with Crippen LogP contribution in [0.2, 0.25) is 0 Å². The van der Waals surface area contributed by atoms with E-state index in [-0.39, 0.29) is 5.75 Å². The first-order valence-corrected chi connectivity index (χ1v) is 8.80. The summed E-state index contributed by atoms with van der Waals surface area (Å²) in [5.74, 6) is -1.33. The molecule has 0 spiro atoms. The number of benzene rings is 2. The molecule has 0 aliphatic heterocycles. The molecule has 136 valence electrons. The van der Waals surface area contributed by atoms with Crippen LogP contribution >= 0.6 is 11.8 Å². The molecule has 2 aromatic rings. The molecule has 0 fully saturated rings. The Kier molecular flexibility index (Phi) is 7.23. The maximum Gasteiger partial charge on any atom is 0.337 e. The molecular weight excluding hydrogens is 354 g/mol. The van der Waals surface area contributed by atoms with Gasteiger partial charge in [-0.2, -0.15) is 0 Å². The average Bonchev–Trinajstić information content (AvgIpc) is 2.66. The standard InChI is InChI=1S/C19H19NO5S/c1-13-8-9-14(19(23)24-2)10-16(13)20-17(21)11-25-18(22)12-26-15-6-4-3-5-7-15/h3-10H,11-12H2,1-2H3,(H,20,21). The van der Waals surface area contributed by atoms with Crippen LogP contribution in [-0.2, 0) is 19.1 Å². The van der Waals surface area contributed by atoms with Crippen molar-refractivity contribution in [3.63, 3.8) is 0 Å². The van der Waals surface area contributed by atoms with Crippen LogP contribution in [0.3, 0.4) is 0 Å². The van der Waals surface area contributed by atoms with E-state index in [9.17, 15) is 14.4 Å². The largest absolute Gasteiger partial charge is 0.465 e. The summed E-state index contributed by atoms with van der Waals surface area (Å²) < 4.78 is 9.63. The van der Waals surface area contributed by atoms with Gasteiger partial charge in [-0.3, -0.25) is 9.59 Å². The highest BCUT2D eigenvalue weighted by Crippen LogP contribution is 2.18. The lowest BCUT2D eigenvalue weighted by Gasteiger charge is -2.10. The average molecular weight is 373 g/mol. The van der Waals surface area contributed by atoms with E-state index in [2.05, 4.69) is 10.1 Å². The van der Waals surface area contributed by atoms with Crippen LogP contribution < -0.4 is 5.32 Å². The van der Waals surface area contributed by atoms with Gasteiger partial charge in [0.2, 0.25) is 0 Å². The number of nitrogens with one attached hydrogen (secondary N) is 1. The number of amides is 1. The molecule has 6 nitrogen and oxygen atoms in total. The van der Waals surface area contributed by atoms with Crippen molar-refractivity contribution >= 4 is 35.3 Å². The van der Waals surface area contributed by atoms with Gasteiger partial charge in [0, 0.05) is 10.6 Å². The Labute approximate surface area is 155 Å². The van der Waals surface area contributed by atoms with Crippen LogP contribution in [0.1, 0.15) is 15.9 Å². The molecule has 1 amide bonds. The van der Waals surface area contributed by atoms with Crippen LogP contribution in [0.25, 0.3) is 0 Å². The maximum atomic E-state index is 12.0. The molecule has 2 aromatic carbocycles. The van der Waals surface area contributed by atoms with Gasteiger partial charge in [-0.15, -0.1) is 11.8 Å². The minimum Gasteiger partial charge on any atom is -0.465 e. The van der Waals surface area contributed by atoms with Gasteiger partial charge in [-0.1, -0.05) is 24.3 Å². The maximum absolute atomic E-state index is 12.0. The minimum absolute atomic E-state index is 0.119. The minimum atomic E-state index is -0.495. The Morgan fingerprint density at radius 2 is 1.81 bits per heavy atom. The van der Waals surface area contributed by atoms with Gasteiger partial charge >= 0.3 is 11.9 Å². The predicted octanol–water partition coefficient (Wildman–Crippen LogP) is 3.06. The van der Waals surface area contributed by atoms with Crippen molar-refractivity contribution in [2.45, 2.75) is 11.8 Å². The SMILES string of the molecule is COC(=O)c1ccc(C)c(NC(=O)COC(=O)CSc2ccccc2)c1. The Bertz CT molecular complexity index is 792. The summed E-state index contributed by atoms with van der Waals surface area (Å²) in [6.45, 7) is 1.40. The van der Waals surface area contributed by atoms with E-state index in [4.69, 9.17) is 4.74 Å². The Morgan fingerprint density at radius 1 is 1.08 bits per heavy atom. The molecule has 0 saturated heterocycles. The van der Waals surface area contributed by atoms with E-state index >= 15 is 0 Å². The molecular formula is C19H19NO5S. The van der Waals surface area contributed by atoms with Gasteiger partial charge < -0.3 is 14.8 Å². The fourth-order valence-corrected chi connectivity index (χ4v) is 2.75. The first-order chi connectivity index (χ1) is 12.5. The normalized spacial score (nSPS) is 10.1. The third-order valence-corrected chi connectivity index (χ3v) is 4.38.